The van der Waals surface area contributed by atoms with E-state index in [-0.39, 0.29) is 0 Å². The van der Waals surface area contributed by atoms with Crippen LogP contribution < -0.4 is 5.32 Å². The maximum Gasteiger partial charge on any atom is 0.0309 e. The quantitative estimate of drug-likeness (QED) is 0.882. The molecule has 1 saturated carbocycles. The molecule has 18 heavy (non-hydrogen) atoms. The van der Waals surface area contributed by atoms with Crippen LogP contribution in [0.15, 0.2) is 16.8 Å². The van der Waals surface area contributed by atoms with Crippen LogP contribution in [-0.4, -0.2) is 29.6 Å². The molecule has 3 rings (SSSR count). The Morgan fingerprint density at radius 3 is 3.00 bits per heavy atom. The Morgan fingerprint density at radius 2 is 2.28 bits per heavy atom. The Balaban J connectivity index is 1.73. The van der Waals surface area contributed by atoms with E-state index in [4.69, 9.17) is 0 Å². The van der Waals surface area contributed by atoms with Crippen molar-refractivity contribution in [3.63, 3.8) is 0 Å². The lowest BCUT2D eigenvalue weighted by molar-refractivity contribution is 0.160. The van der Waals surface area contributed by atoms with Crippen LogP contribution >= 0.6 is 11.3 Å². The normalized spacial score (nSPS) is 28.6. The summed E-state index contributed by atoms with van der Waals surface area (Å²) in [5, 5.41) is 8.35. The minimum absolute atomic E-state index is 0.431. The highest BCUT2D eigenvalue weighted by Gasteiger charge is 2.37. The van der Waals surface area contributed by atoms with Crippen LogP contribution in [0.4, 0.5) is 0 Å². The number of nitrogens with zero attached hydrogens (tertiary/aromatic N) is 1. The highest BCUT2D eigenvalue weighted by atomic mass is 32.1. The number of thiophene rings is 1. The van der Waals surface area contributed by atoms with Crippen LogP contribution in [0.1, 0.15) is 44.6 Å². The van der Waals surface area contributed by atoms with Gasteiger partial charge in [0.25, 0.3) is 0 Å². The third kappa shape index (κ3) is 2.63. The Hall–Kier alpha value is -0.380. The van der Waals surface area contributed by atoms with Gasteiger partial charge < -0.3 is 5.32 Å². The fraction of sp³-hybridized carbons (Fsp3) is 0.733. The van der Waals surface area contributed by atoms with Gasteiger partial charge in [-0.2, -0.15) is 11.3 Å². The van der Waals surface area contributed by atoms with Crippen LogP contribution in [0, 0.1) is 0 Å². The molecule has 2 heterocycles. The minimum Gasteiger partial charge on any atom is -0.310 e. The van der Waals surface area contributed by atoms with Gasteiger partial charge >= 0.3 is 0 Å². The van der Waals surface area contributed by atoms with Gasteiger partial charge in [-0.3, -0.25) is 4.90 Å². The molecule has 0 amide bonds. The zero-order valence-electron chi connectivity index (χ0n) is 11.3. The van der Waals surface area contributed by atoms with Gasteiger partial charge in [-0.05, 0) is 55.1 Å². The molecule has 0 bridgehead atoms. The van der Waals surface area contributed by atoms with Gasteiger partial charge in [0.2, 0.25) is 0 Å². The molecule has 1 aromatic heterocycles. The second kappa shape index (κ2) is 5.32. The van der Waals surface area contributed by atoms with E-state index >= 15 is 0 Å². The van der Waals surface area contributed by atoms with Gasteiger partial charge in [0, 0.05) is 24.7 Å². The van der Waals surface area contributed by atoms with Crippen molar-refractivity contribution in [1.82, 2.24) is 10.2 Å². The first kappa shape index (κ1) is 12.6. The molecule has 1 atom stereocenters. The van der Waals surface area contributed by atoms with E-state index in [1.54, 1.807) is 0 Å². The number of hydrogen-bond acceptors (Lipinski definition) is 3. The van der Waals surface area contributed by atoms with E-state index in [1.807, 2.05) is 11.3 Å². The molecule has 3 heteroatoms. The first-order chi connectivity index (χ1) is 8.77. The highest BCUT2D eigenvalue weighted by Crippen LogP contribution is 2.33. The molecule has 0 radical (unpaired) electrons. The highest BCUT2D eigenvalue weighted by molar-refractivity contribution is 7.07. The summed E-state index contributed by atoms with van der Waals surface area (Å²) in [6.07, 6.45) is 6.85. The average Bonchev–Trinajstić information content (AvgIpc) is 2.97. The first-order valence-electron chi connectivity index (χ1n) is 7.28. The van der Waals surface area contributed by atoms with E-state index in [0.717, 1.165) is 6.54 Å². The third-order valence-corrected chi connectivity index (χ3v) is 5.45. The topological polar surface area (TPSA) is 15.3 Å². The van der Waals surface area contributed by atoms with Crippen molar-refractivity contribution in [2.24, 2.45) is 0 Å². The summed E-state index contributed by atoms with van der Waals surface area (Å²) < 4.78 is 0. The minimum atomic E-state index is 0.431. The lowest BCUT2D eigenvalue weighted by Crippen LogP contribution is -2.49. The molecular weight excluding hydrogens is 240 g/mol. The molecule has 1 saturated heterocycles. The SMILES string of the molecule is CC1CCNC2(CCCC2)CN1Cc1ccsc1. The number of nitrogens with one attached hydrogen (secondary N) is 1. The van der Waals surface area contributed by atoms with Crippen molar-refractivity contribution >= 4 is 11.3 Å². The van der Waals surface area contributed by atoms with E-state index < -0.39 is 0 Å². The van der Waals surface area contributed by atoms with Crippen molar-refractivity contribution in [2.45, 2.75) is 57.2 Å². The van der Waals surface area contributed by atoms with Gasteiger partial charge in [-0.1, -0.05) is 12.8 Å². The van der Waals surface area contributed by atoms with Gasteiger partial charge in [-0.15, -0.1) is 0 Å². The van der Waals surface area contributed by atoms with E-state index in [0.29, 0.717) is 11.6 Å². The molecule has 2 nitrogen and oxygen atoms in total. The Morgan fingerprint density at radius 1 is 1.44 bits per heavy atom. The predicted molar refractivity (Wildman–Crippen MR) is 78.0 cm³/mol. The van der Waals surface area contributed by atoms with E-state index in [2.05, 4.69) is 34.0 Å². The zero-order chi connectivity index (χ0) is 12.4. The molecule has 1 aliphatic carbocycles. The Kier molecular flexibility index (Phi) is 3.73. The van der Waals surface area contributed by atoms with Gasteiger partial charge in [-0.25, -0.2) is 0 Å². The van der Waals surface area contributed by atoms with Gasteiger partial charge in [0.1, 0.15) is 0 Å². The largest absolute Gasteiger partial charge is 0.310 e. The molecular formula is C15H24N2S. The number of hydrogen-bond donors (Lipinski definition) is 1. The lowest BCUT2D eigenvalue weighted by atomic mass is 9.97. The van der Waals surface area contributed by atoms with Crippen molar-refractivity contribution in [3.05, 3.63) is 22.4 Å². The second-order valence-corrected chi connectivity index (χ2v) is 6.87. The third-order valence-electron chi connectivity index (χ3n) is 4.72. The van der Waals surface area contributed by atoms with Crippen LogP contribution in [0.3, 0.4) is 0 Å². The molecule has 1 aromatic rings. The Labute approximate surface area is 114 Å². The molecule has 1 N–H and O–H groups in total. The maximum atomic E-state index is 3.86. The Bertz CT molecular complexity index is 368. The van der Waals surface area contributed by atoms with Gasteiger partial charge in [0.15, 0.2) is 0 Å². The summed E-state index contributed by atoms with van der Waals surface area (Å²) in [5.41, 5.74) is 1.92. The van der Waals surface area contributed by atoms with Crippen molar-refractivity contribution in [3.8, 4) is 0 Å². The van der Waals surface area contributed by atoms with Crippen LogP contribution in [0.5, 0.6) is 0 Å². The smallest absolute Gasteiger partial charge is 0.0309 e. The van der Waals surface area contributed by atoms with Crippen molar-refractivity contribution < 1.29 is 0 Å². The van der Waals surface area contributed by atoms with Crippen LogP contribution in [0.25, 0.3) is 0 Å². The molecule has 2 fully saturated rings. The van der Waals surface area contributed by atoms with Crippen LogP contribution in [-0.2, 0) is 6.54 Å². The van der Waals surface area contributed by atoms with Crippen LogP contribution in [0.2, 0.25) is 0 Å². The summed E-state index contributed by atoms with van der Waals surface area (Å²) >= 11 is 1.82. The maximum absolute atomic E-state index is 3.86. The second-order valence-electron chi connectivity index (χ2n) is 6.09. The summed E-state index contributed by atoms with van der Waals surface area (Å²) in [5.74, 6) is 0. The molecule has 1 aliphatic heterocycles. The molecule has 2 aliphatic rings. The molecule has 1 spiro atoms. The number of rotatable bonds is 2. The summed E-state index contributed by atoms with van der Waals surface area (Å²) in [7, 11) is 0. The fourth-order valence-electron chi connectivity index (χ4n) is 3.54. The molecule has 1 unspecified atom stereocenters. The van der Waals surface area contributed by atoms with Crippen molar-refractivity contribution in [1.29, 1.82) is 0 Å². The van der Waals surface area contributed by atoms with E-state index in [1.165, 1.54) is 50.8 Å². The monoisotopic (exact) mass is 264 g/mol. The molecule has 0 aromatic carbocycles. The first-order valence-corrected chi connectivity index (χ1v) is 8.22. The fourth-order valence-corrected chi connectivity index (χ4v) is 4.20. The zero-order valence-corrected chi connectivity index (χ0v) is 12.1. The van der Waals surface area contributed by atoms with E-state index in [9.17, 15) is 0 Å². The lowest BCUT2D eigenvalue weighted by Gasteiger charge is -2.35. The summed E-state index contributed by atoms with van der Waals surface area (Å²) in [4.78, 5) is 2.70. The standard InChI is InChI=1S/C15H24N2S/c1-13-4-8-16-15(6-2-3-7-15)12-17(13)10-14-5-9-18-11-14/h5,9,11,13,16H,2-4,6-8,10,12H2,1H3. The molecule has 100 valence electrons. The predicted octanol–water partition coefficient (Wildman–Crippen LogP) is 3.24. The van der Waals surface area contributed by atoms with Gasteiger partial charge in [0.05, 0.1) is 0 Å². The van der Waals surface area contributed by atoms with Crippen molar-refractivity contribution in [2.75, 3.05) is 13.1 Å². The average molecular weight is 264 g/mol. The summed E-state index contributed by atoms with van der Waals surface area (Å²) in [6, 6.07) is 2.98. The summed E-state index contributed by atoms with van der Waals surface area (Å²) in [6.45, 7) is 5.96.